The van der Waals surface area contributed by atoms with Crippen molar-refractivity contribution in [1.29, 1.82) is 0 Å². The number of non-ortho nitro benzene ring substituents is 1. The van der Waals surface area contributed by atoms with Crippen LogP contribution in [0.5, 0.6) is 5.75 Å². The summed E-state index contributed by atoms with van der Waals surface area (Å²) >= 11 is 0. The summed E-state index contributed by atoms with van der Waals surface area (Å²) < 4.78 is 33.3. The smallest absolute Gasteiger partial charge is 0.273 e. The Balaban J connectivity index is 2.35. The first-order chi connectivity index (χ1) is 10.4. The van der Waals surface area contributed by atoms with E-state index in [1.165, 1.54) is 36.3 Å². The van der Waals surface area contributed by atoms with Gasteiger partial charge in [0.2, 0.25) is 0 Å². The summed E-state index contributed by atoms with van der Waals surface area (Å²) in [5.74, 6) is 0.0562. The van der Waals surface area contributed by atoms with Gasteiger partial charge in [0, 0.05) is 18.8 Å². The quantitative estimate of drug-likeness (QED) is 0.637. The number of methoxy groups -OCH3 is 1. The summed E-state index contributed by atoms with van der Waals surface area (Å²) in [5.41, 5.74) is -0.0871. The Bertz CT molecular complexity index is 800. The van der Waals surface area contributed by atoms with Crippen LogP contribution in [0.15, 0.2) is 35.5 Å². The molecule has 0 aliphatic carbocycles. The highest BCUT2D eigenvalue weighted by atomic mass is 32.2. The van der Waals surface area contributed by atoms with Crippen molar-refractivity contribution in [2.45, 2.75) is 18.4 Å². The molecule has 0 saturated heterocycles. The molecule has 10 heteroatoms. The van der Waals surface area contributed by atoms with E-state index in [4.69, 9.17) is 4.74 Å². The fraction of sp³-hybridized carbons (Fsp3) is 0.250. The van der Waals surface area contributed by atoms with E-state index in [1.807, 2.05) is 6.92 Å². The van der Waals surface area contributed by atoms with E-state index in [0.717, 1.165) is 6.07 Å². The van der Waals surface area contributed by atoms with Crippen LogP contribution in [0.25, 0.3) is 0 Å². The Hall–Kier alpha value is -2.62. The van der Waals surface area contributed by atoms with E-state index in [0.29, 0.717) is 6.54 Å². The SMILES string of the molecule is CCn1cc(S(=O)(=O)Nc2ccc([N+](=O)[O-])cc2OC)cn1. The summed E-state index contributed by atoms with van der Waals surface area (Å²) in [6.45, 7) is 2.37. The first-order valence-electron chi connectivity index (χ1n) is 6.25. The number of nitro benzene ring substituents is 1. The Morgan fingerprint density at radius 3 is 2.73 bits per heavy atom. The van der Waals surface area contributed by atoms with Crippen molar-refractivity contribution in [3.63, 3.8) is 0 Å². The monoisotopic (exact) mass is 326 g/mol. The molecule has 1 aromatic heterocycles. The van der Waals surface area contributed by atoms with Crippen molar-refractivity contribution in [3.8, 4) is 5.75 Å². The van der Waals surface area contributed by atoms with Gasteiger partial charge >= 0.3 is 0 Å². The number of anilines is 1. The number of hydrogen-bond acceptors (Lipinski definition) is 6. The maximum absolute atomic E-state index is 12.3. The number of benzene rings is 1. The number of sulfonamides is 1. The minimum absolute atomic E-state index is 0.00486. The Kier molecular flexibility index (Phi) is 4.31. The van der Waals surface area contributed by atoms with Gasteiger partial charge in [0.25, 0.3) is 15.7 Å². The van der Waals surface area contributed by atoms with Gasteiger partial charge in [0.05, 0.1) is 30.0 Å². The molecule has 2 aromatic rings. The van der Waals surface area contributed by atoms with Crippen LogP contribution in [0.3, 0.4) is 0 Å². The summed E-state index contributed by atoms with van der Waals surface area (Å²) in [7, 11) is -2.55. The van der Waals surface area contributed by atoms with E-state index < -0.39 is 14.9 Å². The number of hydrogen-bond donors (Lipinski definition) is 1. The molecule has 0 aliphatic rings. The molecule has 0 radical (unpaired) electrons. The van der Waals surface area contributed by atoms with Crippen LogP contribution in [0.1, 0.15) is 6.92 Å². The van der Waals surface area contributed by atoms with Crippen LogP contribution < -0.4 is 9.46 Å². The lowest BCUT2D eigenvalue weighted by Crippen LogP contribution is -2.13. The maximum Gasteiger partial charge on any atom is 0.273 e. The molecule has 0 aliphatic heterocycles. The number of aromatic nitrogens is 2. The van der Waals surface area contributed by atoms with E-state index in [1.54, 1.807) is 0 Å². The fourth-order valence-electron chi connectivity index (χ4n) is 1.74. The molecule has 0 bridgehead atoms. The van der Waals surface area contributed by atoms with E-state index >= 15 is 0 Å². The van der Waals surface area contributed by atoms with Crippen molar-refractivity contribution in [3.05, 3.63) is 40.7 Å². The highest BCUT2D eigenvalue weighted by molar-refractivity contribution is 7.92. The second kappa shape index (κ2) is 6.02. The minimum atomic E-state index is -3.85. The number of rotatable bonds is 6. The van der Waals surface area contributed by atoms with Gasteiger partial charge in [-0.3, -0.25) is 19.5 Å². The first kappa shape index (κ1) is 15.8. The van der Waals surface area contributed by atoms with Crippen molar-refractivity contribution < 1.29 is 18.1 Å². The topological polar surface area (TPSA) is 116 Å². The lowest BCUT2D eigenvalue weighted by atomic mass is 10.2. The first-order valence-corrected chi connectivity index (χ1v) is 7.73. The zero-order valence-electron chi connectivity index (χ0n) is 11.9. The molecule has 9 nitrogen and oxygen atoms in total. The largest absolute Gasteiger partial charge is 0.494 e. The number of nitro groups is 1. The van der Waals surface area contributed by atoms with Gasteiger partial charge in [-0.2, -0.15) is 5.10 Å². The van der Waals surface area contributed by atoms with E-state index in [2.05, 4.69) is 9.82 Å². The molecule has 118 valence electrons. The van der Waals surface area contributed by atoms with Crippen molar-refractivity contribution >= 4 is 21.4 Å². The van der Waals surface area contributed by atoms with Gasteiger partial charge in [-0.1, -0.05) is 0 Å². The molecule has 22 heavy (non-hydrogen) atoms. The maximum atomic E-state index is 12.3. The lowest BCUT2D eigenvalue weighted by Gasteiger charge is -2.10. The van der Waals surface area contributed by atoms with Crippen molar-refractivity contribution in [1.82, 2.24) is 9.78 Å². The summed E-state index contributed by atoms with van der Waals surface area (Å²) in [5, 5.41) is 14.6. The summed E-state index contributed by atoms with van der Waals surface area (Å²) in [6, 6.07) is 3.61. The van der Waals surface area contributed by atoms with Crippen molar-refractivity contribution in [2.24, 2.45) is 0 Å². The van der Waals surface area contributed by atoms with Crippen LogP contribution in [-0.4, -0.2) is 30.2 Å². The van der Waals surface area contributed by atoms with Gasteiger partial charge in [0.1, 0.15) is 10.6 Å². The predicted molar refractivity (Wildman–Crippen MR) is 78.4 cm³/mol. The zero-order chi connectivity index (χ0) is 16.3. The molecular weight excluding hydrogens is 312 g/mol. The van der Waals surface area contributed by atoms with Crippen molar-refractivity contribution in [2.75, 3.05) is 11.8 Å². The Morgan fingerprint density at radius 2 is 2.18 bits per heavy atom. The van der Waals surface area contributed by atoms with Gasteiger partial charge in [-0.25, -0.2) is 8.42 Å². The van der Waals surface area contributed by atoms with Gasteiger partial charge in [-0.15, -0.1) is 0 Å². The highest BCUT2D eigenvalue weighted by Crippen LogP contribution is 2.30. The van der Waals surface area contributed by atoms with Gasteiger partial charge in [0.15, 0.2) is 0 Å². The third-order valence-electron chi connectivity index (χ3n) is 2.88. The minimum Gasteiger partial charge on any atom is -0.494 e. The Morgan fingerprint density at radius 1 is 1.45 bits per heavy atom. The van der Waals surface area contributed by atoms with Crippen LogP contribution in [0.4, 0.5) is 11.4 Å². The average molecular weight is 326 g/mol. The molecule has 0 spiro atoms. The molecule has 1 N–H and O–H groups in total. The van der Waals surface area contributed by atoms with Crippen LogP contribution in [-0.2, 0) is 16.6 Å². The van der Waals surface area contributed by atoms with Crippen LogP contribution >= 0.6 is 0 Å². The average Bonchev–Trinajstić information content (AvgIpc) is 2.97. The van der Waals surface area contributed by atoms with Crippen LogP contribution in [0, 0.1) is 10.1 Å². The molecule has 1 heterocycles. The predicted octanol–water partition coefficient (Wildman–Crippen LogP) is 1.62. The fourth-order valence-corrected chi connectivity index (χ4v) is 2.76. The molecule has 1 aromatic carbocycles. The van der Waals surface area contributed by atoms with E-state index in [-0.39, 0.29) is 22.0 Å². The number of nitrogens with one attached hydrogen (secondary N) is 1. The van der Waals surface area contributed by atoms with Gasteiger partial charge in [-0.05, 0) is 13.0 Å². The number of aryl methyl sites for hydroxylation is 1. The standard InChI is InChI=1S/C12H14N4O5S/c1-3-15-8-10(7-13-15)22(19,20)14-11-5-4-9(16(17)18)6-12(11)21-2/h4-8,14H,3H2,1-2H3. The summed E-state index contributed by atoms with van der Waals surface area (Å²) in [6.07, 6.45) is 2.61. The molecule has 0 fully saturated rings. The molecular formula is C12H14N4O5S. The second-order valence-electron chi connectivity index (χ2n) is 4.28. The third kappa shape index (κ3) is 3.17. The molecule has 0 amide bonds. The van der Waals surface area contributed by atoms with Gasteiger partial charge < -0.3 is 4.74 Å². The number of nitrogens with zero attached hydrogens (tertiary/aromatic N) is 3. The molecule has 0 atom stereocenters. The zero-order valence-corrected chi connectivity index (χ0v) is 12.7. The molecule has 2 rings (SSSR count). The normalized spacial score (nSPS) is 11.2. The number of ether oxygens (including phenoxy) is 1. The van der Waals surface area contributed by atoms with Crippen LogP contribution in [0.2, 0.25) is 0 Å². The Labute approximate surface area is 126 Å². The van der Waals surface area contributed by atoms with E-state index in [9.17, 15) is 18.5 Å². The third-order valence-corrected chi connectivity index (χ3v) is 4.20. The molecule has 0 unspecified atom stereocenters. The lowest BCUT2D eigenvalue weighted by molar-refractivity contribution is -0.384. The molecule has 0 saturated carbocycles. The highest BCUT2D eigenvalue weighted by Gasteiger charge is 2.20. The second-order valence-corrected chi connectivity index (χ2v) is 5.96. The summed E-state index contributed by atoms with van der Waals surface area (Å²) in [4.78, 5) is 10.1.